The van der Waals surface area contributed by atoms with Crippen LogP contribution in [0.4, 0.5) is 0 Å². The molecular weight excluding hydrogens is 349 g/mol. The number of halogens is 2. The van der Waals surface area contributed by atoms with Gasteiger partial charge in [-0.15, -0.1) is 0 Å². The number of hydrogen-bond donors (Lipinski definition) is 2. The average Bonchev–Trinajstić information content (AvgIpc) is 2.56. The summed E-state index contributed by atoms with van der Waals surface area (Å²) in [6.45, 7) is 1.80. The fourth-order valence-electron chi connectivity index (χ4n) is 2.10. The van der Waals surface area contributed by atoms with Gasteiger partial charge in [0.2, 0.25) is 0 Å². The lowest BCUT2D eigenvalue weighted by Crippen LogP contribution is -2.15. The van der Waals surface area contributed by atoms with Gasteiger partial charge in [-0.3, -0.25) is 4.79 Å². The molecule has 0 aliphatic rings. The van der Waals surface area contributed by atoms with Crippen LogP contribution in [-0.2, 0) is 17.9 Å². The Bertz CT molecular complexity index is 674. The maximum Gasteiger partial charge on any atom is 0.303 e. The van der Waals surface area contributed by atoms with Gasteiger partial charge in [0.05, 0.1) is 10.0 Å². The molecule has 2 N–H and O–H groups in total. The molecular formula is C18H19Cl2NO3. The maximum absolute atomic E-state index is 10.4. The van der Waals surface area contributed by atoms with Gasteiger partial charge in [0, 0.05) is 13.0 Å². The maximum atomic E-state index is 10.4. The molecule has 0 spiro atoms. The number of carboxylic acids is 1. The van der Waals surface area contributed by atoms with Crippen molar-refractivity contribution < 1.29 is 14.6 Å². The first-order valence-electron chi connectivity index (χ1n) is 7.63. The molecule has 24 heavy (non-hydrogen) atoms. The second-order valence-corrected chi connectivity index (χ2v) is 6.17. The standard InChI is InChI=1S/C18H19Cl2NO3/c19-16-8-5-14(10-17(16)20)12-24-15-6-3-13(4-7-15)11-21-9-1-2-18(22)23/h3-8,10,21H,1-2,9,11-12H2,(H,22,23). The van der Waals surface area contributed by atoms with Crippen molar-refractivity contribution in [3.63, 3.8) is 0 Å². The van der Waals surface area contributed by atoms with Gasteiger partial charge in [-0.2, -0.15) is 0 Å². The van der Waals surface area contributed by atoms with Crippen molar-refractivity contribution in [1.82, 2.24) is 5.32 Å². The van der Waals surface area contributed by atoms with Crippen molar-refractivity contribution in [2.75, 3.05) is 6.54 Å². The molecule has 0 aromatic heterocycles. The molecule has 0 saturated carbocycles. The lowest BCUT2D eigenvalue weighted by Gasteiger charge is -2.09. The predicted octanol–water partition coefficient (Wildman–Crippen LogP) is 4.53. The molecule has 2 aromatic rings. The van der Waals surface area contributed by atoms with Crippen molar-refractivity contribution in [3.05, 3.63) is 63.6 Å². The molecule has 128 valence electrons. The van der Waals surface area contributed by atoms with Crippen molar-refractivity contribution in [2.45, 2.75) is 26.0 Å². The van der Waals surface area contributed by atoms with Crippen LogP contribution in [0.3, 0.4) is 0 Å². The zero-order chi connectivity index (χ0) is 17.4. The highest BCUT2D eigenvalue weighted by molar-refractivity contribution is 6.42. The number of hydrogen-bond acceptors (Lipinski definition) is 3. The van der Waals surface area contributed by atoms with Crippen molar-refractivity contribution in [2.24, 2.45) is 0 Å². The summed E-state index contributed by atoms with van der Waals surface area (Å²) in [6.07, 6.45) is 0.814. The Morgan fingerprint density at radius 3 is 2.42 bits per heavy atom. The van der Waals surface area contributed by atoms with Gasteiger partial charge >= 0.3 is 5.97 Å². The van der Waals surface area contributed by atoms with Gasteiger partial charge in [0.15, 0.2) is 0 Å². The van der Waals surface area contributed by atoms with E-state index in [2.05, 4.69) is 5.32 Å². The van der Waals surface area contributed by atoms with E-state index in [1.807, 2.05) is 30.3 Å². The molecule has 6 heteroatoms. The van der Waals surface area contributed by atoms with Crippen molar-refractivity contribution >= 4 is 29.2 Å². The topological polar surface area (TPSA) is 58.6 Å². The molecule has 0 aliphatic carbocycles. The minimum absolute atomic E-state index is 0.189. The summed E-state index contributed by atoms with van der Waals surface area (Å²) in [7, 11) is 0. The van der Waals surface area contributed by atoms with E-state index in [-0.39, 0.29) is 6.42 Å². The van der Waals surface area contributed by atoms with Crippen LogP contribution >= 0.6 is 23.2 Å². The summed E-state index contributed by atoms with van der Waals surface area (Å²) in [5.41, 5.74) is 2.07. The molecule has 0 unspecified atom stereocenters. The average molecular weight is 368 g/mol. The minimum atomic E-state index is -0.764. The smallest absolute Gasteiger partial charge is 0.303 e. The molecule has 2 rings (SSSR count). The highest BCUT2D eigenvalue weighted by Gasteiger charge is 2.01. The zero-order valence-electron chi connectivity index (χ0n) is 13.1. The largest absolute Gasteiger partial charge is 0.489 e. The number of aliphatic carboxylic acids is 1. The summed E-state index contributed by atoms with van der Waals surface area (Å²) >= 11 is 11.9. The highest BCUT2D eigenvalue weighted by Crippen LogP contribution is 2.23. The minimum Gasteiger partial charge on any atom is -0.489 e. The summed E-state index contributed by atoms with van der Waals surface area (Å²) in [4.78, 5) is 10.4. The van der Waals surface area contributed by atoms with E-state index in [9.17, 15) is 4.79 Å². The van der Waals surface area contributed by atoms with Crippen molar-refractivity contribution in [1.29, 1.82) is 0 Å². The van der Waals surface area contributed by atoms with Crippen LogP contribution < -0.4 is 10.1 Å². The summed E-state index contributed by atoms with van der Waals surface area (Å²) in [5, 5.41) is 12.8. The Hall–Kier alpha value is -1.75. The van der Waals surface area contributed by atoms with Crippen LogP contribution in [0.5, 0.6) is 5.75 Å². The molecule has 0 heterocycles. The van der Waals surface area contributed by atoms with Gasteiger partial charge in [-0.1, -0.05) is 41.4 Å². The highest BCUT2D eigenvalue weighted by atomic mass is 35.5. The van der Waals surface area contributed by atoms with Crippen LogP contribution in [0.1, 0.15) is 24.0 Å². The monoisotopic (exact) mass is 367 g/mol. The third-order valence-corrected chi connectivity index (χ3v) is 4.13. The van der Waals surface area contributed by atoms with Crippen molar-refractivity contribution in [3.8, 4) is 5.75 Å². The quantitative estimate of drug-likeness (QED) is 0.639. The number of carboxylic acid groups (broad SMARTS) is 1. The van der Waals surface area contributed by atoms with Crippen LogP contribution in [0.15, 0.2) is 42.5 Å². The number of benzene rings is 2. The molecule has 4 nitrogen and oxygen atoms in total. The Kier molecular flexibility index (Phi) is 7.37. The van der Waals surface area contributed by atoms with Gasteiger partial charge in [-0.25, -0.2) is 0 Å². The van der Waals surface area contributed by atoms with Crippen LogP contribution in [0.25, 0.3) is 0 Å². The lowest BCUT2D eigenvalue weighted by atomic mass is 10.2. The SMILES string of the molecule is O=C(O)CCCNCc1ccc(OCc2ccc(Cl)c(Cl)c2)cc1. The summed E-state index contributed by atoms with van der Waals surface area (Å²) < 4.78 is 5.72. The van der Waals surface area contributed by atoms with Gasteiger partial charge in [0.1, 0.15) is 12.4 Å². The molecule has 0 atom stereocenters. The van der Waals surface area contributed by atoms with E-state index in [1.165, 1.54) is 0 Å². The molecule has 0 bridgehead atoms. The van der Waals surface area contributed by atoms with Crippen LogP contribution in [-0.4, -0.2) is 17.6 Å². The van der Waals surface area contributed by atoms with Gasteiger partial charge in [0.25, 0.3) is 0 Å². The van der Waals surface area contributed by atoms with E-state index in [0.29, 0.717) is 36.2 Å². The van der Waals surface area contributed by atoms with Gasteiger partial charge in [-0.05, 0) is 48.4 Å². The Labute approximate surface area is 151 Å². The molecule has 0 saturated heterocycles. The summed E-state index contributed by atoms with van der Waals surface area (Å²) in [5.74, 6) is 0.0102. The number of rotatable bonds is 9. The Morgan fingerprint density at radius 1 is 1.04 bits per heavy atom. The fraction of sp³-hybridized carbons (Fsp3) is 0.278. The lowest BCUT2D eigenvalue weighted by molar-refractivity contribution is -0.137. The molecule has 2 aromatic carbocycles. The van der Waals surface area contributed by atoms with E-state index in [4.69, 9.17) is 33.0 Å². The third-order valence-electron chi connectivity index (χ3n) is 3.39. The molecule has 0 amide bonds. The Morgan fingerprint density at radius 2 is 1.75 bits per heavy atom. The number of nitrogens with one attached hydrogen (secondary N) is 1. The first kappa shape index (κ1) is 18.6. The van der Waals surface area contributed by atoms with Crippen LogP contribution in [0, 0.1) is 0 Å². The molecule has 0 radical (unpaired) electrons. The van der Waals surface area contributed by atoms with E-state index >= 15 is 0 Å². The van der Waals surface area contributed by atoms with Crippen LogP contribution in [0.2, 0.25) is 10.0 Å². The number of ether oxygens (including phenoxy) is 1. The number of carbonyl (C=O) groups is 1. The predicted molar refractivity (Wildman–Crippen MR) is 95.8 cm³/mol. The fourth-order valence-corrected chi connectivity index (χ4v) is 2.42. The first-order chi connectivity index (χ1) is 11.5. The van der Waals surface area contributed by atoms with E-state index < -0.39 is 5.97 Å². The van der Waals surface area contributed by atoms with E-state index in [1.54, 1.807) is 12.1 Å². The second kappa shape index (κ2) is 9.52. The van der Waals surface area contributed by atoms with Gasteiger partial charge < -0.3 is 15.2 Å². The first-order valence-corrected chi connectivity index (χ1v) is 8.38. The second-order valence-electron chi connectivity index (χ2n) is 5.36. The zero-order valence-corrected chi connectivity index (χ0v) is 14.6. The molecule has 0 aliphatic heterocycles. The molecule has 0 fully saturated rings. The normalized spacial score (nSPS) is 10.6. The Balaban J connectivity index is 1.75. The van der Waals surface area contributed by atoms with E-state index in [0.717, 1.165) is 16.9 Å². The summed E-state index contributed by atoms with van der Waals surface area (Å²) in [6, 6.07) is 13.2. The third kappa shape index (κ3) is 6.40.